The molecule has 0 aromatic rings. The molecule has 0 aromatic heterocycles. The zero-order valence-electron chi connectivity index (χ0n) is 13.5. The average molecular weight is 282 g/mol. The summed E-state index contributed by atoms with van der Waals surface area (Å²) in [5.41, 5.74) is 0. The third-order valence-corrected chi connectivity index (χ3v) is 5.08. The molecule has 0 amide bonds. The molecule has 3 atom stereocenters. The Labute approximate surface area is 125 Å². The van der Waals surface area contributed by atoms with Gasteiger partial charge in [-0.05, 0) is 56.9 Å². The number of hydrogen-bond acceptors (Lipinski definition) is 3. The lowest BCUT2D eigenvalue weighted by Crippen LogP contribution is -2.53. The van der Waals surface area contributed by atoms with Gasteiger partial charge in [0, 0.05) is 31.8 Å². The maximum atomic E-state index is 8.94. The Morgan fingerprint density at radius 3 is 2.65 bits per heavy atom. The van der Waals surface area contributed by atoms with Crippen LogP contribution in [0.5, 0.6) is 0 Å². The van der Waals surface area contributed by atoms with E-state index in [4.69, 9.17) is 5.11 Å². The van der Waals surface area contributed by atoms with Gasteiger partial charge in [-0.25, -0.2) is 0 Å². The molecule has 118 valence electrons. The summed E-state index contributed by atoms with van der Waals surface area (Å²) in [5.74, 6) is 1.85. The second kappa shape index (κ2) is 8.35. The van der Waals surface area contributed by atoms with Gasteiger partial charge in [0.1, 0.15) is 0 Å². The number of aliphatic hydroxyl groups is 1. The maximum Gasteiger partial charge on any atom is 0.0443 e. The molecule has 2 rings (SSSR count). The smallest absolute Gasteiger partial charge is 0.0443 e. The first-order chi connectivity index (χ1) is 9.78. The highest BCUT2D eigenvalue weighted by molar-refractivity contribution is 4.93. The molecular formula is C17H34N2O. The van der Waals surface area contributed by atoms with E-state index in [1.807, 2.05) is 0 Å². The highest BCUT2D eigenvalue weighted by atomic mass is 16.3. The van der Waals surface area contributed by atoms with E-state index in [-0.39, 0.29) is 0 Å². The van der Waals surface area contributed by atoms with Crippen molar-refractivity contribution in [1.29, 1.82) is 0 Å². The molecule has 0 spiro atoms. The summed E-state index contributed by atoms with van der Waals surface area (Å²) in [4.78, 5) is 2.79. The lowest BCUT2D eigenvalue weighted by Gasteiger charge is -2.42. The summed E-state index contributed by atoms with van der Waals surface area (Å²) in [6.45, 7) is 8.49. The Bertz CT molecular complexity index is 268. The molecule has 20 heavy (non-hydrogen) atoms. The van der Waals surface area contributed by atoms with Crippen LogP contribution in [-0.4, -0.2) is 48.3 Å². The van der Waals surface area contributed by atoms with Crippen LogP contribution in [0.15, 0.2) is 0 Å². The zero-order valence-corrected chi connectivity index (χ0v) is 13.5. The summed E-state index contributed by atoms with van der Waals surface area (Å²) >= 11 is 0. The van der Waals surface area contributed by atoms with Crippen molar-refractivity contribution in [2.75, 3.05) is 26.2 Å². The van der Waals surface area contributed by atoms with Crippen LogP contribution in [0.25, 0.3) is 0 Å². The Morgan fingerprint density at radius 2 is 2.05 bits per heavy atom. The van der Waals surface area contributed by atoms with E-state index in [1.165, 1.54) is 51.6 Å². The number of nitrogens with one attached hydrogen (secondary N) is 1. The summed E-state index contributed by atoms with van der Waals surface area (Å²) < 4.78 is 0. The Hall–Kier alpha value is -0.120. The monoisotopic (exact) mass is 282 g/mol. The molecule has 2 fully saturated rings. The van der Waals surface area contributed by atoms with Crippen LogP contribution in [0.4, 0.5) is 0 Å². The van der Waals surface area contributed by atoms with Crippen LogP contribution >= 0.6 is 0 Å². The molecule has 1 saturated carbocycles. The van der Waals surface area contributed by atoms with E-state index in [1.54, 1.807) is 0 Å². The third-order valence-electron chi connectivity index (χ3n) is 5.08. The van der Waals surface area contributed by atoms with E-state index in [2.05, 4.69) is 24.1 Å². The summed E-state index contributed by atoms with van der Waals surface area (Å²) in [6.07, 6.45) is 9.11. The summed E-state index contributed by atoms with van der Waals surface area (Å²) in [7, 11) is 0. The van der Waals surface area contributed by atoms with Crippen LogP contribution in [0, 0.1) is 11.8 Å². The van der Waals surface area contributed by atoms with E-state index in [9.17, 15) is 0 Å². The van der Waals surface area contributed by atoms with Crippen LogP contribution < -0.4 is 5.32 Å². The van der Waals surface area contributed by atoms with Crippen molar-refractivity contribution in [2.45, 2.75) is 70.9 Å². The minimum Gasteiger partial charge on any atom is -0.396 e. The van der Waals surface area contributed by atoms with E-state index in [0.717, 1.165) is 30.8 Å². The second-order valence-electron chi connectivity index (χ2n) is 6.89. The number of rotatable bonds is 9. The van der Waals surface area contributed by atoms with Crippen molar-refractivity contribution < 1.29 is 5.11 Å². The van der Waals surface area contributed by atoms with Crippen molar-refractivity contribution in [1.82, 2.24) is 10.2 Å². The van der Waals surface area contributed by atoms with Gasteiger partial charge in [0.2, 0.25) is 0 Å². The highest BCUT2D eigenvalue weighted by Crippen LogP contribution is 2.38. The molecule has 1 aliphatic heterocycles. The van der Waals surface area contributed by atoms with Crippen molar-refractivity contribution in [2.24, 2.45) is 11.8 Å². The Morgan fingerprint density at radius 1 is 1.25 bits per heavy atom. The van der Waals surface area contributed by atoms with Crippen molar-refractivity contribution in [3.8, 4) is 0 Å². The number of likely N-dealkylation sites (tertiary alicyclic amines) is 1. The molecule has 1 saturated heterocycles. The van der Waals surface area contributed by atoms with E-state index in [0.29, 0.717) is 12.6 Å². The fourth-order valence-corrected chi connectivity index (χ4v) is 4.03. The van der Waals surface area contributed by atoms with Crippen LogP contribution in [0.2, 0.25) is 0 Å². The first kappa shape index (κ1) is 16.3. The standard InChI is InChI=1S/C17H34N2O/c1-3-6-14-11-16(18-9-5-10-20)13-19(12-14)17(4-2)15-7-8-15/h14-18,20H,3-13H2,1-2H3. The van der Waals surface area contributed by atoms with Crippen LogP contribution in [0.3, 0.4) is 0 Å². The molecule has 2 N–H and O–H groups in total. The number of piperidine rings is 1. The summed E-state index contributed by atoms with van der Waals surface area (Å²) in [6, 6.07) is 1.47. The predicted molar refractivity (Wildman–Crippen MR) is 84.9 cm³/mol. The van der Waals surface area contributed by atoms with Gasteiger partial charge in [-0.3, -0.25) is 4.90 Å². The van der Waals surface area contributed by atoms with Gasteiger partial charge < -0.3 is 10.4 Å². The number of nitrogens with zero attached hydrogens (tertiary/aromatic N) is 1. The van der Waals surface area contributed by atoms with Gasteiger partial charge in [-0.1, -0.05) is 20.3 Å². The normalized spacial score (nSPS) is 29.6. The quantitative estimate of drug-likeness (QED) is 0.638. The molecule has 1 aliphatic carbocycles. The van der Waals surface area contributed by atoms with Crippen molar-refractivity contribution in [3.05, 3.63) is 0 Å². The van der Waals surface area contributed by atoms with Crippen LogP contribution in [0.1, 0.15) is 58.8 Å². The predicted octanol–water partition coefficient (Wildman–Crippen LogP) is 2.64. The minimum absolute atomic E-state index is 0.307. The zero-order chi connectivity index (χ0) is 14.4. The van der Waals surface area contributed by atoms with E-state index >= 15 is 0 Å². The number of hydrogen-bond donors (Lipinski definition) is 2. The number of aliphatic hydroxyl groups excluding tert-OH is 1. The molecule has 1 heterocycles. The molecule has 0 bridgehead atoms. The van der Waals surface area contributed by atoms with Crippen molar-refractivity contribution in [3.63, 3.8) is 0 Å². The van der Waals surface area contributed by atoms with Gasteiger partial charge >= 0.3 is 0 Å². The van der Waals surface area contributed by atoms with Crippen LogP contribution in [-0.2, 0) is 0 Å². The van der Waals surface area contributed by atoms with Gasteiger partial charge in [0.15, 0.2) is 0 Å². The first-order valence-corrected chi connectivity index (χ1v) is 8.86. The third kappa shape index (κ3) is 4.71. The minimum atomic E-state index is 0.307. The first-order valence-electron chi connectivity index (χ1n) is 8.86. The molecule has 3 heteroatoms. The second-order valence-corrected chi connectivity index (χ2v) is 6.89. The van der Waals surface area contributed by atoms with Gasteiger partial charge in [0.05, 0.1) is 0 Å². The molecule has 0 radical (unpaired) electrons. The largest absolute Gasteiger partial charge is 0.396 e. The molecule has 3 nitrogen and oxygen atoms in total. The van der Waals surface area contributed by atoms with E-state index < -0.39 is 0 Å². The fourth-order valence-electron chi connectivity index (χ4n) is 4.03. The lowest BCUT2D eigenvalue weighted by atomic mass is 9.88. The topological polar surface area (TPSA) is 35.5 Å². The van der Waals surface area contributed by atoms with Gasteiger partial charge in [-0.15, -0.1) is 0 Å². The fraction of sp³-hybridized carbons (Fsp3) is 1.00. The molecule has 3 unspecified atom stereocenters. The lowest BCUT2D eigenvalue weighted by molar-refractivity contribution is 0.0800. The van der Waals surface area contributed by atoms with Gasteiger partial charge in [-0.2, -0.15) is 0 Å². The Kier molecular flexibility index (Phi) is 6.79. The Balaban J connectivity index is 1.88. The highest BCUT2D eigenvalue weighted by Gasteiger charge is 2.37. The molecule has 2 aliphatic rings. The SMILES string of the molecule is CCCC1CC(NCCCO)CN(C(CC)C2CC2)C1. The average Bonchev–Trinajstić information content (AvgIpc) is 3.25. The summed E-state index contributed by atoms with van der Waals surface area (Å²) in [5, 5.41) is 12.6. The van der Waals surface area contributed by atoms with Gasteiger partial charge in [0.25, 0.3) is 0 Å². The maximum absolute atomic E-state index is 8.94. The molecule has 0 aromatic carbocycles. The van der Waals surface area contributed by atoms with Crippen molar-refractivity contribution >= 4 is 0 Å². The molecular weight excluding hydrogens is 248 g/mol.